The molecule has 3 aliphatic heterocycles. The Morgan fingerprint density at radius 1 is 0.396 bits per heavy atom. The molecule has 96 heavy (non-hydrogen) atoms. The van der Waals surface area contributed by atoms with E-state index in [1.807, 2.05) is 30.3 Å². The van der Waals surface area contributed by atoms with Crippen molar-refractivity contribution < 1.29 is 142 Å². The van der Waals surface area contributed by atoms with E-state index in [4.69, 9.17) is 61.6 Å². The summed E-state index contributed by atoms with van der Waals surface area (Å²) in [7, 11) is 0. The van der Waals surface area contributed by atoms with Crippen molar-refractivity contribution in [1.82, 2.24) is 21.3 Å². The first-order chi connectivity index (χ1) is 46.2. The Morgan fingerprint density at radius 3 is 1.01 bits per heavy atom. The molecule has 4 aliphatic carbocycles. The summed E-state index contributed by atoms with van der Waals surface area (Å²) in [6.07, 6.45) is -16.0. The highest BCUT2D eigenvalue weighted by Gasteiger charge is 2.68. The van der Waals surface area contributed by atoms with Gasteiger partial charge in [-0.05, 0) is 79.6 Å². The van der Waals surface area contributed by atoms with E-state index in [0.717, 1.165) is 5.56 Å². The van der Waals surface area contributed by atoms with Crippen molar-refractivity contribution in [3.8, 4) is 0 Å². The summed E-state index contributed by atoms with van der Waals surface area (Å²) in [5, 5.41) is 131. The highest BCUT2D eigenvalue weighted by molar-refractivity contribution is 5.77. The smallest absolute Gasteiger partial charge is 0.407 e. The van der Waals surface area contributed by atoms with Crippen molar-refractivity contribution in [2.24, 2.45) is 16.2 Å². The third-order valence-corrected chi connectivity index (χ3v) is 18.5. The molecule has 550 valence electrons. The second kappa shape index (κ2) is 39.8. The molecule has 8 rings (SSSR count). The first kappa shape index (κ1) is 79.3. The Morgan fingerprint density at radius 2 is 0.698 bits per heavy atom. The quantitative estimate of drug-likeness (QED) is 0.0273. The number of carbonyl (C=O) groups excluding carboxylic acids is 4. The second-order valence-electron chi connectivity index (χ2n) is 26.0. The molecular formula is C63H104N4O29. The molecule has 7 aliphatic rings. The van der Waals surface area contributed by atoms with Crippen molar-refractivity contribution in [2.45, 2.75) is 181 Å². The minimum Gasteiger partial charge on any atom is -0.445 e. The number of hydrogen-bond acceptors (Lipinski definition) is 29. The largest absolute Gasteiger partial charge is 0.445 e. The molecule has 33 nitrogen and oxygen atoms in total. The summed E-state index contributed by atoms with van der Waals surface area (Å²) >= 11 is 0. The van der Waals surface area contributed by atoms with Crippen molar-refractivity contribution in [3.63, 3.8) is 0 Å². The van der Waals surface area contributed by atoms with Gasteiger partial charge in [0.05, 0.1) is 119 Å². The van der Waals surface area contributed by atoms with Gasteiger partial charge in [-0.1, -0.05) is 30.3 Å². The molecule has 0 aromatic heterocycles. The van der Waals surface area contributed by atoms with Crippen LogP contribution in [0.5, 0.6) is 0 Å². The number of amides is 4. The Labute approximate surface area is 557 Å². The predicted molar refractivity (Wildman–Crippen MR) is 328 cm³/mol. The summed E-state index contributed by atoms with van der Waals surface area (Å²) < 4.78 is 71.9. The maximum atomic E-state index is 14.0. The van der Waals surface area contributed by atoms with Crippen LogP contribution in [-0.4, -0.2) is 321 Å². The van der Waals surface area contributed by atoms with Crippen molar-refractivity contribution in [2.75, 3.05) is 139 Å². The minimum atomic E-state index is -1.57. The monoisotopic (exact) mass is 1380 g/mol. The van der Waals surface area contributed by atoms with E-state index in [1.165, 1.54) is 0 Å². The Bertz CT molecular complexity index is 2220. The molecule has 16 N–H and O–H groups in total. The molecule has 0 radical (unpaired) electrons. The highest BCUT2D eigenvalue weighted by Crippen LogP contribution is 2.74. The molecule has 0 spiro atoms. The van der Waals surface area contributed by atoms with Gasteiger partial charge in [-0.15, -0.1) is 0 Å². The lowest BCUT2D eigenvalue weighted by molar-refractivity contribution is -0.302. The molecule has 1 aromatic rings. The zero-order valence-corrected chi connectivity index (χ0v) is 54.4. The number of aliphatic hydroxyl groups is 12. The molecule has 3 saturated heterocycles. The first-order valence-corrected chi connectivity index (χ1v) is 33.2. The fourth-order valence-electron chi connectivity index (χ4n) is 14.6. The molecule has 4 amide bonds. The van der Waals surface area contributed by atoms with Crippen LogP contribution in [0.2, 0.25) is 0 Å². The Balaban J connectivity index is 0.896. The van der Waals surface area contributed by atoms with E-state index in [0.29, 0.717) is 57.8 Å². The van der Waals surface area contributed by atoms with E-state index in [1.54, 1.807) is 0 Å². The standard InChI is InChI=1S/C63H104N4O29/c68-30-41-47(74)50(77)53(80)56(94-41)90-27-24-87-21-18-84-15-12-64-44(71)6-9-60-34-61(10-7-45(72)65-13-16-85-19-22-88-25-28-91-57-54(81)51(78)48(75)42(31-69)95-57)36-62(35-60,39-63(37-60,38-61)67-59(83)93-33-40-4-2-1-3-5-40)11-8-46(73)66-14-17-86-20-23-89-26-29-92-58-55(82)52(79)49(76)43(32-70)96-58/h1-5,41-43,47-58,68-70,74-82H,6-39H2,(H,64,71)(H,65,72)(H,66,73)(H,67,83)/t41-,42-,43-,47-,48-,49-,50+,51+,52+,53-,54-,55-,56-,57-,58-,60?,61?,62?,63?/m1/s1. The summed E-state index contributed by atoms with van der Waals surface area (Å²) in [6, 6.07) is 9.29. The van der Waals surface area contributed by atoms with Gasteiger partial charge in [0.15, 0.2) is 18.9 Å². The van der Waals surface area contributed by atoms with Crippen LogP contribution in [0.15, 0.2) is 30.3 Å². The molecule has 7 fully saturated rings. The van der Waals surface area contributed by atoms with E-state index < -0.39 is 140 Å². The van der Waals surface area contributed by atoms with E-state index >= 15 is 0 Å². The summed E-state index contributed by atoms with van der Waals surface area (Å²) in [6.45, 7) is 0.716. The fourth-order valence-corrected chi connectivity index (χ4v) is 14.6. The van der Waals surface area contributed by atoms with Crippen LogP contribution in [0.3, 0.4) is 0 Å². The van der Waals surface area contributed by atoms with E-state index in [9.17, 15) is 80.5 Å². The number of benzene rings is 1. The number of carbonyl (C=O) groups is 4. The van der Waals surface area contributed by atoms with Crippen LogP contribution >= 0.6 is 0 Å². The van der Waals surface area contributed by atoms with Gasteiger partial charge in [0.2, 0.25) is 17.7 Å². The van der Waals surface area contributed by atoms with Crippen LogP contribution in [0.4, 0.5) is 4.79 Å². The van der Waals surface area contributed by atoms with Crippen LogP contribution in [0, 0.1) is 16.2 Å². The van der Waals surface area contributed by atoms with Gasteiger partial charge in [0, 0.05) is 44.4 Å². The number of hydrogen-bond donors (Lipinski definition) is 16. The third-order valence-electron chi connectivity index (χ3n) is 18.5. The number of nitrogens with one attached hydrogen (secondary N) is 4. The third kappa shape index (κ3) is 23.8. The molecule has 4 saturated carbocycles. The Hall–Kier alpha value is -4.06. The zero-order chi connectivity index (χ0) is 69.1. The zero-order valence-electron chi connectivity index (χ0n) is 54.4. The van der Waals surface area contributed by atoms with Gasteiger partial charge in [-0.3, -0.25) is 14.4 Å². The molecule has 4 bridgehead atoms. The lowest BCUT2D eigenvalue weighted by Crippen LogP contribution is -2.69. The van der Waals surface area contributed by atoms with Crippen LogP contribution in [-0.2, 0) is 82.6 Å². The van der Waals surface area contributed by atoms with Crippen molar-refractivity contribution in [3.05, 3.63) is 35.9 Å². The van der Waals surface area contributed by atoms with Gasteiger partial charge >= 0.3 is 6.09 Å². The summed E-state index contributed by atoms with van der Waals surface area (Å²) in [5.74, 6) is -0.607. The number of alkyl carbamates (subject to hydrolysis) is 1. The molecule has 15 atom stereocenters. The van der Waals surface area contributed by atoms with Gasteiger partial charge in [0.25, 0.3) is 0 Å². The normalized spacial score (nSPS) is 34.0. The summed E-state index contributed by atoms with van der Waals surface area (Å²) in [4.78, 5) is 55.1. The molecule has 0 unspecified atom stereocenters. The van der Waals surface area contributed by atoms with E-state index in [-0.39, 0.29) is 162 Å². The van der Waals surface area contributed by atoms with Crippen molar-refractivity contribution >= 4 is 23.8 Å². The maximum absolute atomic E-state index is 14.0. The van der Waals surface area contributed by atoms with Gasteiger partial charge in [-0.25, -0.2) is 4.79 Å². The number of aliphatic hydroxyl groups excluding tert-OH is 12. The van der Waals surface area contributed by atoms with Crippen LogP contribution in [0.25, 0.3) is 0 Å². The second-order valence-corrected chi connectivity index (χ2v) is 26.0. The van der Waals surface area contributed by atoms with Gasteiger partial charge in [-0.2, -0.15) is 0 Å². The fraction of sp³-hybridized carbons (Fsp3) is 0.841. The molecule has 3 heterocycles. The molecule has 33 heteroatoms. The SMILES string of the molecule is O=C(CCC12CC3(CCC(=O)NCCOCCOCCO[C@@H]4O[C@H](CO)[C@@H](O)[C@H](O)[C@H]4O)CC(CCC(=O)NCCOCCOCCO[C@@H]4O[C@H](CO)[C@@H](O)[C@H](O)[C@H]4O)(C1)CC(NC(=O)OCc1ccccc1)(C2)C3)NCCOCCOCCO[C@@H]1O[C@H](CO)[C@@H](O)[C@H](O)[C@H]1O. The average molecular weight is 1380 g/mol. The predicted octanol–water partition coefficient (Wildman–Crippen LogP) is -4.77. The molecular weight excluding hydrogens is 1280 g/mol. The topological polar surface area (TPSA) is 479 Å². The van der Waals surface area contributed by atoms with Gasteiger partial charge in [0.1, 0.15) is 79.9 Å². The lowest BCUT2D eigenvalue weighted by Gasteiger charge is -2.71. The first-order valence-electron chi connectivity index (χ1n) is 33.2. The average Bonchev–Trinajstić information content (AvgIpc) is 0.687. The van der Waals surface area contributed by atoms with E-state index in [2.05, 4.69) is 21.3 Å². The summed E-state index contributed by atoms with van der Waals surface area (Å²) in [5.41, 5.74) is -1.48. The lowest BCUT2D eigenvalue weighted by atomic mass is 9.35. The number of ether oxygens (including phenoxy) is 13. The maximum Gasteiger partial charge on any atom is 0.407 e. The number of rotatable bonds is 45. The minimum absolute atomic E-state index is 0.0267. The van der Waals surface area contributed by atoms with Crippen molar-refractivity contribution in [1.29, 1.82) is 0 Å². The Kier molecular flexibility index (Phi) is 32.9. The molecule has 1 aromatic carbocycles. The highest BCUT2D eigenvalue weighted by atomic mass is 16.7. The van der Waals surface area contributed by atoms with Crippen LogP contribution in [0.1, 0.15) is 82.6 Å². The van der Waals surface area contributed by atoms with Crippen LogP contribution < -0.4 is 21.3 Å². The van der Waals surface area contributed by atoms with Gasteiger partial charge < -0.3 is 144 Å².